The first-order valence-corrected chi connectivity index (χ1v) is 5.60. The van der Waals surface area contributed by atoms with Gasteiger partial charge in [0.2, 0.25) is 0 Å². The van der Waals surface area contributed by atoms with Gasteiger partial charge in [-0.05, 0) is 23.9 Å². The summed E-state index contributed by atoms with van der Waals surface area (Å²) in [4.78, 5) is 11.1. The molecule has 0 aromatic heterocycles. The minimum Gasteiger partial charge on any atom is -0.495 e. The summed E-state index contributed by atoms with van der Waals surface area (Å²) in [6.07, 6.45) is 0. The van der Waals surface area contributed by atoms with Crippen molar-refractivity contribution in [3.05, 3.63) is 23.3 Å². The van der Waals surface area contributed by atoms with Gasteiger partial charge < -0.3 is 9.47 Å². The highest BCUT2D eigenvalue weighted by Crippen LogP contribution is 2.43. The molecule has 0 unspecified atom stereocenters. The molecule has 102 valence electrons. The Hall–Kier alpha value is -1.88. The van der Waals surface area contributed by atoms with E-state index in [9.17, 15) is 18.0 Å². The van der Waals surface area contributed by atoms with Gasteiger partial charge in [0.15, 0.2) is 0 Å². The SMILES string of the molecule is COC(=O)c1cc(C#N)cc(SC(F)(F)F)c1OC. The van der Waals surface area contributed by atoms with E-state index in [0.29, 0.717) is 0 Å². The maximum atomic E-state index is 12.4. The summed E-state index contributed by atoms with van der Waals surface area (Å²) in [5, 5.41) is 8.77. The highest BCUT2D eigenvalue weighted by atomic mass is 32.2. The molecule has 0 amide bonds. The maximum absolute atomic E-state index is 12.4. The number of hydrogen-bond donors (Lipinski definition) is 0. The molecule has 0 spiro atoms. The summed E-state index contributed by atoms with van der Waals surface area (Å²) < 4.78 is 46.5. The fourth-order valence-electron chi connectivity index (χ4n) is 1.34. The zero-order chi connectivity index (χ0) is 14.6. The Labute approximate surface area is 111 Å². The zero-order valence-corrected chi connectivity index (χ0v) is 10.7. The van der Waals surface area contributed by atoms with E-state index in [-0.39, 0.29) is 21.8 Å². The van der Waals surface area contributed by atoms with Crippen LogP contribution < -0.4 is 4.74 Å². The predicted octanol–water partition coefficient (Wildman–Crippen LogP) is 2.97. The molecular formula is C11H8F3NO3S. The van der Waals surface area contributed by atoms with Crippen molar-refractivity contribution < 1.29 is 27.4 Å². The van der Waals surface area contributed by atoms with Crippen LogP contribution in [0.3, 0.4) is 0 Å². The van der Waals surface area contributed by atoms with E-state index in [1.54, 1.807) is 6.07 Å². The number of halogens is 3. The Morgan fingerprint density at radius 2 is 2.00 bits per heavy atom. The first-order chi connectivity index (χ1) is 8.82. The molecule has 1 rings (SSSR count). The van der Waals surface area contributed by atoms with E-state index < -0.39 is 23.2 Å². The molecule has 0 bridgehead atoms. The Kier molecular flexibility index (Phi) is 4.67. The molecule has 0 N–H and O–H groups in total. The average Bonchev–Trinajstić information content (AvgIpc) is 2.34. The molecule has 19 heavy (non-hydrogen) atoms. The first-order valence-electron chi connectivity index (χ1n) is 4.78. The largest absolute Gasteiger partial charge is 0.495 e. The molecule has 0 aliphatic rings. The van der Waals surface area contributed by atoms with Crippen LogP contribution in [0.15, 0.2) is 17.0 Å². The van der Waals surface area contributed by atoms with Gasteiger partial charge >= 0.3 is 11.5 Å². The second-order valence-corrected chi connectivity index (χ2v) is 4.31. The van der Waals surface area contributed by atoms with Crippen LogP contribution in [-0.2, 0) is 4.74 Å². The first kappa shape index (κ1) is 15.2. The van der Waals surface area contributed by atoms with Crippen molar-refractivity contribution in [3.63, 3.8) is 0 Å². The quantitative estimate of drug-likeness (QED) is 0.633. The number of thioether (sulfide) groups is 1. The number of benzene rings is 1. The molecule has 4 nitrogen and oxygen atoms in total. The van der Waals surface area contributed by atoms with E-state index in [4.69, 9.17) is 10.00 Å². The van der Waals surface area contributed by atoms with E-state index in [0.717, 1.165) is 26.4 Å². The third-order valence-corrected chi connectivity index (χ3v) is 2.77. The van der Waals surface area contributed by atoms with Gasteiger partial charge in [-0.25, -0.2) is 4.79 Å². The van der Waals surface area contributed by atoms with Gasteiger partial charge in [-0.2, -0.15) is 18.4 Å². The van der Waals surface area contributed by atoms with E-state index in [1.807, 2.05) is 0 Å². The van der Waals surface area contributed by atoms with Crippen molar-refractivity contribution in [3.8, 4) is 11.8 Å². The molecule has 0 fully saturated rings. The van der Waals surface area contributed by atoms with Crippen LogP contribution in [0.4, 0.5) is 13.2 Å². The van der Waals surface area contributed by atoms with Gasteiger partial charge in [0, 0.05) is 0 Å². The molecule has 0 heterocycles. The Morgan fingerprint density at radius 3 is 2.42 bits per heavy atom. The Morgan fingerprint density at radius 1 is 1.37 bits per heavy atom. The monoisotopic (exact) mass is 291 g/mol. The Bertz CT molecular complexity index is 537. The van der Waals surface area contributed by atoms with Gasteiger partial charge in [0.05, 0.1) is 30.7 Å². The minimum atomic E-state index is -4.56. The topological polar surface area (TPSA) is 59.3 Å². The van der Waals surface area contributed by atoms with Crippen LogP contribution >= 0.6 is 11.8 Å². The van der Waals surface area contributed by atoms with Crippen LogP contribution in [0.2, 0.25) is 0 Å². The van der Waals surface area contributed by atoms with Gasteiger partial charge in [-0.1, -0.05) is 0 Å². The van der Waals surface area contributed by atoms with Crippen molar-refractivity contribution >= 4 is 17.7 Å². The van der Waals surface area contributed by atoms with Gasteiger partial charge in [-0.15, -0.1) is 0 Å². The smallest absolute Gasteiger partial charge is 0.446 e. The lowest BCUT2D eigenvalue weighted by molar-refractivity contribution is -0.0329. The van der Waals surface area contributed by atoms with E-state index in [2.05, 4.69) is 4.74 Å². The number of esters is 1. The summed E-state index contributed by atoms with van der Waals surface area (Å²) in [6, 6.07) is 3.80. The Balaban J connectivity index is 3.44. The minimum absolute atomic E-state index is 0.0899. The molecule has 0 atom stereocenters. The standard InChI is InChI=1S/C11H8F3NO3S/c1-17-9-7(10(16)18-2)3-6(5-15)4-8(9)19-11(12,13)14/h3-4H,1-2H3. The van der Waals surface area contributed by atoms with Crippen LogP contribution in [0.5, 0.6) is 5.75 Å². The molecule has 0 saturated carbocycles. The molecule has 0 aliphatic heterocycles. The summed E-state index contributed by atoms with van der Waals surface area (Å²) in [6.45, 7) is 0. The summed E-state index contributed by atoms with van der Waals surface area (Å²) in [5.74, 6) is -1.15. The zero-order valence-electron chi connectivity index (χ0n) is 9.87. The lowest BCUT2D eigenvalue weighted by Crippen LogP contribution is -2.07. The third kappa shape index (κ3) is 3.79. The number of rotatable bonds is 3. The summed E-state index contributed by atoms with van der Waals surface area (Å²) in [5.41, 5.74) is -4.88. The van der Waals surface area contributed by atoms with Crippen LogP contribution in [-0.4, -0.2) is 25.7 Å². The molecule has 0 saturated heterocycles. The van der Waals surface area contributed by atoms with Crippen LogP contribution in [0.25, 0.3) is 0 Å². The van der Waals surface area contributed by atoms with Crippen molar-refractivity contribution in [2.45, 2.75) is 10.4 Å². The summed E-state index contributed by atoms with van der Waals surface area (Å²) in [7, 11) is 2.21. The lowest BCUT2D eigenvalue weighted by Gasteiger charge is -2.13. The second kappa shape index (κ2) is 5.84. The number of methoxy groups -OCH3 is 2. The second-order valence-electron chi connectivity index (χ2n) is 3.21. The maximum Gasteiger partial charge on any atom is 0.446 e. The highest BCUT2D eigenvalue weighted by Gasteiger charge is 2.32. The lowest BCUT2D eigenvalue weighted by atomic mass is 10.1. The average molecular weight is 291 g/mol. The van der Waals surface area contributed by atoms with Crippen molar-refractivity contribution in [2.75, 3.05) is 14.2 Å². The number of carbonyl (C=O) groups excluding carboxylic acids is 1. The molecule has 0 aliphatic carbocycles. The predicted molar refractivity (Wildman–Crippen MR) is 61.0 cm³/mol. The van der Waals surface area contributed by atoms with Gasteiger partial charge in [0.1, 0.15) is 11.3 Å². The van der Waals surface area contributed by atoms with Crippen LogP contribution in [0.1, 0.15) is 15.9 Å². The fraction of sp³-hybridized carbons (Fsp3) is 0.273. The molecule has 1 aromatic carbocycles. The summed E-state index contributed by atoms with van der Waals surface area (Å²) >= 11 is -0.460. The molecular weight excluding hydrogens is 283 g/mol. The number of alkyl halides is 3. The van der Waals surface area contributed by atoms with Crippen molar-refractivity contribution in [1.29, 1.82) is 5.26 Å². The van der Waals surface area contributed by atoms with Crippen LogP contribution in [0, 0.1) is 11.3 Å². The molecule has 1 aromatic rings. The van der Waals surface area contributed by atoms with E-state index >= 15 is 0 Å². The van der Waals surface area contributed by atoms with Crippen molar-refractivity contribution in [1.82, 2.24) is 0 Å². The van der Waals surface area contributed by atoms with Gasteiger partial charge in [-0.3, -0.25) is 0 Å². The number of ether oxygens (including phenoxy) is 2. The number of nitrogens with zero attached hydrogens (tertiary/aromatic N) is 1. The fourth-order valence-corrected chi connectivity index (χ4v) is 2.06. The van der Waals surface area contributed by atoms with Crippen molar-refractivity contribution in [2.24, 2.45) is 0 Å². The number of hydrogen-bond acceptors (Lipinski definition) is 5. The van der Waals surface area contributed by atoms with E-state index in [1.165, 1.54) is 0 Å². The number of carbonyl (C=O) groups is 1. The normalized spacial score (nSPS) is 10.7. The number of nitriles is 1. The molecule has 0 radical (unpaired) electrons. The third-order valence-electron chi connectivity index (χ3n) is 2.02. The van der Waals surface area contributed by atoms with Gasteiger partial charge in [0.25, 0.3) is 0 Å². The molecule has 8 heteroatoms. The highest BCUT2D eigenvalue weighted by molar-refractivity contribution is 8.00.